The highest BCUT2D eigenvalue weighted by molar-refractivity contribution is 5.55. The van der Waals surface area contributed by atoms with Crippen molar-refractivity contribution in [3.63, 3.8) is 0 Å². The molecule has 2 aromatic rings. The Hall–Kier alpha value is -3.11. The number of aliphatic hydroxyl groups excluding tert-OH is 9. The SMILES string of the molecule is C=CCC(O)C(OC)OC.CCCC(O)CC(O)C=O.COC(OC)C(O)CC(O)CO.COC(OC)C1CC(CO)OC(c2ccccc2)O1.COCC1CC(C(OC)OC)OC(c2ccccc2)O1.COCC1CC(O)C(O)O1. The van der Waals surface area contributed by atoms with Crippen molar-refractivity contribution in [1.82, 2.24) is 0 Å². The van der Waals surface area contributed by atoms with Gasteiger partial charge in [0.05, 0.1) is 56.9 Å². The first kappa shape index (κ1) is 77.9. The second kappa shape index (κ2) is 48.2. The molecule has 0 spiro atoms. The van der Waals surface area contributed by atoms with Crippen molar-refractivity contribution in [2.45, 2.75) is 169 Å². The number of aldehydes is 1. The molecule has 2 aromatic carbocycles. The average molecular weight is 1170 g/mol. The summed E-state index contributed by atoms with van der Waals surface area (Å²) in [6, 6.07) is 19.5. The van der Waals surface area contributed by atoms with Gasteiger partial charge in [0, 0.05) is 114 Å². The molecule has 3 saturated heterocycles. The Kier molecular flexibility index (Phi) is 46.3. The highest BCUT2D eigenvalue weighted by Crippen LogP contribution is 2.33. The number of aliphatic hydroxyl groups is 9. The van der Waals surface area contributed by atoms with Crippen LogP contribution in [0.25, 0.3) is 0 Å². The number of carbonyl (C=O) groups excluding carboxylic acids is 1. The van der Waals surface area contributed by atoms with Crippen LogP contribution < -0.4 is 0 Å². The Bertz CT molecular complexity index is 1720. The average Bonchev–Trinajstić information content (AvgIpc) is 3.82. The Morgan fingerprint density at radius 3 is 1.36 bits per heavy atom. The molecule has 14 atom stereocenters. The molecule has 3 aliphatic rings. The molecule has 0 radical (unpaired) electrons. The van der Waals surface area contributed by atoms with E-state index in [9.17, 15) is 20.1 Å². The van der Waals surface area contributed by atoms with Gasteiger partial charge in [-0.2, -0.15) is 0 Å². The van der Waals surface area contributed by atoms with Crippen LogP contribution in [0.3, 0.4) is 0 Å². The van der Waals surface area contributed by atoms with Crippen molar-refractivity contribution in [2.24, 2.45) is 0 Å². The second-order valence-corrected chi connectivity index (χ2v) is 18.3. The maximum atomic E-state index is 9.88. The standard InChI is InChI=1S/C15H22O5.C14H20O5.C7H16O5.2C7H14O3.C6H12O4/c1-16-10-12-9-13(15(17-2)18-3)20-14(19-12)11-7-5-4-6-8-11;1-16-14(17-2)12-8-11(9-15)18-13(19-12)10-6-4-3-5-7-10;1-11-7(12-2)6(10)3-5(9)4-8;1-4-5-6(8)7(9-2)10-3;1-2-3-6(9)4-7(10)5-8;1-9-3-4-2-5(7)6(8)10-4/h4-8,12-15H,9-10H2,1-3H3;3-7,11-15H,8-9H2,1-2H3;5-10H,3-4H2,1-2H3;4,6-8H,1,5H2,2-3H3;5-7,9-10H,2-4H2,1H3;4-8H,2-3H2,1H3. The number of hydrogen-bond donors (Lipinski definition) is 9. The fourth-order valence-electron chi connectivity index (χ4n) is 7.94. The summed E-state index contributed by atoms with van der Waals surface area (Å²) in [4.78, 5) is 9.88. The van der Waals surface area contributed by atoms with Crippen LogP contribution in [0.1, 0.15) is 82.0 Å². The summed E-state index contributed by atoms with van der Waals surface area (Å²) in [5.41, 5.74) is 1.89. The summed E-state index contributed by atoms with van der Waals surface area (Å²) in [7, 11) is 15.3. The maximum absolute atomic E-state index is 9.88. The minimum absolute atomic E-state index is 0.0306. The summed E-state index contributed by atoms with van der Waals surface area (Å²) in [5.74, 6) is 0. The number of carbonyl (C=O) groups is 1. The van der Waals surface area contributed by atoms with Crippen LogP contribution >= 0.6 is 0 Å². The third kappa shape index (κ3) is 32.7. The first-order valence-corrected chi connectivity index (χ1v) is 26.5. The normalized spacial score (nSPS) is 24.3. The first-order valence-electron chi connectivity index (χ1n) is 26.5. The lowest BCUT2D eigenvalue weighted by atomic mass is 10.1. The van der Waals surface area contributed by atoms with Gasteiger partial charge in [0.15, 0.2) is 44.0 Å². The molecule has 472 valence electrons. The minimum atomic E-state index is -1.03. The van der Waals surface area contributed by atoms with Gasteiger partial charge in [-0.3, -0.25) is 0 Å². The minimum Gasteiger partial charge on any atom is -0.394 e. The molecule has 3 heterocycles. The summed E-state index contributed by atoms with van der Waals surface area (Å²) in [6.07, 6.45) is -3.96. The monoisotopic (exact) mass is 1170 g/mol. The number of rotatable bonds is 29. The predicted molar refractivity (Wildman–Crippen MR) is 293 cm³/mol. The van der Waals surface area contributed by atoms with E-state index in [0.29, 0.717) is 51.6 Å². The zero-order valence-corrected chi connectivity index (χ0v) is 49.1. The summed E-state index contributed by atoms with van der Waals surface area (Å²) in [5, 5.41) is 80.8. The molecule has 0 amide bonds. The van der Waals surface area contributed by atoms with Crippen LogP contribution in [0.5, 0.6) is 0 Å². The van der Waals surface area contributed by atoms with Crippen LogP contribution in [0, 0.1) is 0 Å². The largest absolute Gasteiger partial charge is 0.394 e. The van der Waals surface area contributed by atoms with Gasteiger partial charge in [0.2, 0.25) is 0 Å². The molecule has 14 unspecified atom stereocenters. The van der Waals surface area contributed by atoms with Gasteiger partial charge in [-0.1, -0.05) is 80.1 Å². The Labute approximate surface area is 478 Å². The molecule has 0 aliphatic carbocycles. The molecular formula is C56H98O25. The van der Waals surface area contributed by atoms with Gasteiger partial charge >= 0.3 is 0 Å². The van der Waals surface area contributed by atoms with E-state index in [1.165, 1.54) is 28.4 Å². The van der Waals surface area contributed by atoms with E-state index >= 15 is 0 Å². The molecule has 0 saturated carbocycles. The van der Waals surface area contributed by atoms with Gasteiger partial charge in [-0.25, -0.2) is 0 Å². The number of ether oxygens (including phenoxy) is 15. The molecule has 81 heavy (non-hydrogen) atoms. The highest BCUT2D eigenvalue weighted by Gasteiger charge is 2.37. The zero-order chi connectivity index (χ0) is 61.1. The summed E-state index contributed by atoms with van der Waals surface area (Å²) in [6.45, 7) is 5.93. The van der Waals surface area contributed by atoms with E-state index in [-0.39, 0.29) is 56.6 Å². The van der Waals surface area contributed by atoms with Gasteiger partial charge in [0.1, 0.15) is 42.9 Å². The molecule has 9 N–H and O–H groups in total. The number of benzene rings is 2. The Morgan fingerprint density at radius 2 is 1.00 bits per heavy atom. The lowest BCUT2D eigenvalue weighted by molar-refractivity contribution is -0.301. The van der Waals surface area contributed by atoms with E-state index in [0.717, 1.165) is 17.5 Å². The van der Waals surface area contributed by atoms with Gasteiger partial charge in [-0.15, -0.1) is 6.58 Å². The third-order valence-electron chi connectivity index (χ3n) is 12.0. The van der Waals surface area contributed by atoms with Gasteiger partial charge in [0.25, 0.3) is 0 Å². The molecule has 0 bridgehead atoms. The molecule has 25 nitrogen and oxygen atoms in total. The quantitative estimate of drug-likeness (QED) is 0.0320. The lowest BCUT2D eigenvalue weighted by Gasteiger charge is -2.38. The fraction of sp³-hybridized carbons (Fsp3) is 0.732. The van der Waals surface area contributed by atoms with Crippen LogP contribution in [-0.2, 0) is 75.8 Å². The first-order chi connectivity index (χ1) is 38.9. The maximum Gasteiger partial charge on any atom is 0.184 e. The summed E-state index contributed by atoms with van der Waals surface area (Å²) < 4.78 is 78.5. The zero-order valence-electron chi connectivity index (χ0n) is 49.1. The molecule has 25 heteroatoms. The predicted octanol–water partition coefficient (Wildman–Crippen LogP) is 2.05. The van der Waals surface area contributed by atoms with Crippen LogP contribution in [0.2, 0.25) is 0 Å². The fourth-order valence-corrected chi connectivity index (χ4v) is 7.94. The van der Waals surface area contributed by atoms with Gasteiger partial charge in [-0.05, 0) is 12.8 Å². The molecule has 3 fully saturated rings. The number of hydrogen-bond acceptors (Lipinski definition) is 25. The molecule has 0 aromatic heterocycles. The van der Waals surface area contributed by atoms with E-state index in [1.807, 2.05) is 67.6 Å². The van der Waals surface area contributed by atoms with Gasteiger partial charge < -0.3 is 122 Å². The van der Waals surface area contributed by atoms with Crippen LogP contribution in [-0.4, -0.2) is 248 Å². The summed E-state index contributed by atoms with van der Waals surface area (Å²) >= 11 is 0. The second-order valence-electron chi connectivity index (χ2n) is 18.3. The molecule has 5 rings (SSSR count). The van der Waals surface area contributed by atoms with Crippen molar-refractivity contribution in [2.75, 3.05) is 97.5 Å². The van der Waals surface area contributed by atoms with Crippen molar-refractivity contribution in [1.29, 1.82) is 0 Å². The Morgan fingerprint density at radius 1 is 0.568 bits per heavy atom. The van der Waals surface area contributed by atoms with Crippen molar-refractivity contribution in [3.05, 3.63) is 84.4 Å². The van der Waals surface area contributed by atoms with Crippen LogP contribution in [0.15, 0.2) is 73.3 Å². The third-order valence-corrected chi connectivity index (χ3v) is 12.0. The smallest absolute Gasteiger partial charge is 0.184 e. The highest BCUT2D eigenvalue weighted by atomic mass is 16.8. The van der Waals surface area contributed by atoms with E-state index in [1.54, 1.807) is 48.7 Å². The van der Waals surface area contributed by atoms with Crippen LogP contribution in [0.4, 0.5) is 0 Å². The van der Waals surface area contributed by atoms with E-state index in [4.69, 9.17) is 102 Å². The Balaban J connectivity index is 0.000000977. The topological polar surface area (TPSA) is 338 Å². The van der Waals surface area contributed by atoms with Crippen molar-refractivity contribution < 1.29 is 122 Å². The van der Waals surface area contributed by atoms with E-state index < -0.39 is 80.7 Å². The molecular weight excluding hydrogens is 1070 g/mol. The molecule has 3 aliphatic heterocycles. The lowest BCUT2D eigenvalue weighted by Crippen LogP contribution is -2.43. The van der Waals surface area contributed by atoms with Crippen molar-refractivity contribution >= 4 is 6.29 Å². The number of methoxy groups -OCH3 is 10. The van der Waals surface area contributed by atoms with E-state index in [2.05, 4.69) is 6.58 Å². The van der Waals surface area contributed by atoms with Crippen molar-refractivity contribution in [3.8, 4) is 0 Å².